The van der Waals surface area contributed by atoms with Gasteiger partial charge in [0.25, 0.3) is 0 Å². The number of benzene rings is 1. The minimum Gasteiger partial charge on any atom is -0.481 e. The molecule has 1 fully saturated rings. The van der Waals surface area contributed by atoms with Gasteiger partial charge in [-0.25, -0.2) is 4.79 Å². The summed E-state index contributed by atoms with van der Waals surface area (Å²) in [4.78, 5) is 23.3. The lowest BCUT2D eigenvalue weighted by molar-refractivity contribution is -0.140. The van der Waals surface area contributed by atoms with Crippen molar-refractivity contribution in [3.63, 3.8) is 0 Å². The number of rotatable bonds is 3. The maximum absolute atomic E-state index is 12.0. The van der Waals surface area contributed by atoms with E-state index in [-0.39, 0.29) is 5.69 Å². The monoisotopic (exact) mass is 272 g/mol. The molecule has 5 nitrogen and oxygen atoms in total. The Labute approximate surface area is 116 Å². The Bertz CT molecular complexity index is 733. The molecule has 1 aliphatic rings. The van der Waals surface area contributed by atoms with Gasteiger partial charge in [-0.3, -0.25) is 9.36 Å². The zero-order valence-corrected chi connectivity index (χ0v) is 11.5. The molecule has 5 heteroatoms. The molecule has 1 aromatic carbocycles. The van der Waals surface area contributed by atoms with Crippen molar-refractivity contribution < 1.29 is 9.90 Å². The molecule has 1 heterocycles. The molecule has 104 valence electrons. The van der Waals surface area contributed by atoms with Gasteiger partial charge in [0.15, 0.2) is 0 Å². The fourth-order valence-electron chi connectivity index (χ4n) is 2.70. The minimum atomic E-state index is -0.765. The van der Waals surface area contributed by atoms with Crippen LogP contribution in [0.2, 0.25) is 0 Å². The summed E-state index contributed by atoms with van der Waals surface area (Å²) in [5, 5.41) is 9.28. The van der Waals surface area contributed by atoms with Crippen molar-refractivity contribution in [2.45, 2.75) is 25.2 Å². The predicted octanol–water partition coefficient (Wildman–Crippen LogP) is 1.60. The number of aromatic nitrogens is 2. The minimum absolute atomic E-state index is 0.102. The Kier molecular flexibility index (Phi) is 2.61. The van der Waals surface area contributed by atoms with E-state index >= 15 is 0 Å². The Morgan fingerprint density at radius 3 is 2.25 bits per heavy atom. The van der Waals surface area contributed by atoms with E-state index in [2.05, 4.69) is 0 Å². The summed E-state index contributed by atoms with van der Waals surface area (Å²) in [5.41, 5.74) is 1.63. The molecule has 1 aromatic heterocycles. The second-order valence-electron chi connectivity index (χ2n) is 5.43. The molecule has 0 spiro atoms. The number of imidazole rings is 1. The molecule has 2 aromatic rings. The first kappa shape index (κ1) is 12.7. The highest BCUT2D eigenvalue weighted by molar-refractivity contribution is 5.84. The van der Waals surface area contributed by atoms with Crippen LogP contribution in [0.4, 0.5) is 0 Å². The van der Waals surface area contributed by atoms with Crippen molar-refractivity contribution in [3.8, 4) is 5.69 Å². The lowest BCUT2D eigenvalue weighted by atomic mass is 9.96. The average molecular weight is 272 g/mol. The third kappa shape index (κ3) is 1.70. The number of carbonyl (C=O) groups is 1. The molecule has 1 saturated carbocycles. The number of carboxylic acid groups (broad SMARTS) is 1. The van der Waals surface area contributed by atoms with E-state index in [1.807, 2.05) is 31.2 Å². The first-order chi connectivity index (χ1) is 9.45. The number of carboxylic acids is 1. The van der Waals surface area contributed by atoms with Gasteiger partial charge >= 0.3 is 11.7 Å². The smallest absolute Gasteiger partial charge is 0.332 e. The van der Waals surface area contributed by atoms with Crippen molar-refractivity contribution in [1.82, 2.24) is 9.13 Å². The van der Waals surface area contributed by atoms with E-state index in [0.29, 0.717) is 12.8 Å². The van der Waals surface area contributed by atoms with Crippen LogP contribution in [0.5, 0.6) is 0 Å². The molecule has 0 radical (unpaired) electrons. The van der Waals surface area contributed by atoms with Crippen molar-refractivity contribution in [3.05, 3.63) is 52.2 Å². The highest BCUT2D eigenvalue weighted by Gasteiger charge is 2.51. The molecular formula is C15H16N2O3. The topological polar surface area (TPSA) is 64.2 Å². The highest BCUT2D eigenvalue weighted by atomic mass is 16.4. The quantitative estimate of drug-likeness (QED) is 0.923. The van der Waals surface area contributed by atoms with Gasteiger partial charge in [0.1, 0.15) is 0 Å². The van der Waals surface area contributed by atoms with E-state index in [0.717, 1.165) is 16.9 Å². The molecule has 1 aliphatic carbocycles. The maximum atomic E-state index is 12.0. The fraction of sp³-hybridized carbons (Fsp3) is 0.333. The van der Waals surface area contributed by atoms with Crippen LogP contribution in [-0.4, -0.2) is 20.2 Å². The Hall–Kier alpha value is -2.30. The number of nitrogens with zero attached hydrogens (tertiary/aromatic N) is 2. The summed E-state index contributed by atoms with van der Waals surface area (Å²) in [5.74, 6) is -0.765. The first-order valence-electron chi connectivity index (χ1n) is 6.55. The fourth-order valence-corrected chi connectivity index (χ4v) is 2.70. The van der Waals surface area contributed by atoms with Gasteiger partial charge in [0.05, 0.1) is 11.1 Å². The van der Waals surface area contributed by atoms with E-state index in [4.69, 9.17) is 0 Å². The van der Waals surface area contributed by atoms with E-state index in [9.17, 15) is 14.7 Å². The van der Waals surface area contributed by atoms with Crippen LogP contribution in [0.1, 0.15) is 24.1 Å². The molecule has 0 unspecified atom stereocenters. The number of hydrogen-bond donors (Lipinski definition) is 1. The Morgan fingerprint density at radius 2 is 1.85 bits per heavy atom. The molecule has 0 bridgehead atoms. The number of aryl methyl sites for hydroxylation is 2. The van der Waals surface area contributed by atoms with Crippen LogP contribution in [0.25, 0.3) is 5.69 Å². The summed E-state index contributed by atoms with van der Waals surface area (Å²) in [7, 11) is 1.71. The summed E-state index contributed by atoms with van der Waals surface area (Å²) < 4.78 is 3.15. The molecule has 3 rings (SSSR count). The van der Waals surface area contributed by atoms with Crippen molar-refractivity contribution in [2.24, 2.45) is 7.05 Å². The van der Waals surface area contributed by atoms with Gasteiger partial charge in [-0.2, -0.15) is 0 Å². The van der Waals surface area contributed by atoms with Gasteiger partial charge in [0.2, 0.25) is 0 Å². The molecule has 1 N–H and O–H groups in total. The molecule has 0 aliphatic heterocycles. The van der Waals surface area contributed by atoms with Gasteiger partial charge in [-0.05, 0) is 37.5 Å². The lowest BCUT2D eigenvalue weighted by Crippen LogP contribution is -2.22. The Balaban J connectivity index is 2.02. The molecule has 0 atom stereocenters. The summed E-state index contributed by atoms with van der Waals surface area (Å²) >= 11 is 0. The second kappa shape index (κ2) is 4.10. The van der Waals surface area contributed by atoms with Crippen LogP contribution in [-0.2, 0) is 17.3 Å². The Morgan fingerprint density at radius 1 is 1.25 bits per heavy atom. The van der Waals surface area contributed by atoms with Gasteiger partial charge in [0, 0.05) is 18.9 Å². The van der Waals surface area contributed by atoms with Crippen LogP contribution >= 0.6 is 0 Å². The summed E-state index contributed by atoms with van der Waals surface area (Å²) in [6.07, 6.45) is 3.15. The molecular weight excluding hydrogens is 256 g/mol. The summed E-state index contributed by atoms with van der Waals surface area (Å²) in [6.45, 7) is 1.87. The van der Waals surface area contributed by atoms with Crippen molar-refractivity contribution in [2.75, 3.05) is 0 Å². The normalized spacial score (nSPS) is 16.1. The molecule has 20 heavy (non-hydrogen) atoms. The van der Waals surface area contributed by atoms with Gasteiger partial charge in [-0.1, -0.05) is 12.1 Å². The number of aliphatic carboxylic acids is 1. The lowest BCUT2D eigenvalue weighted by Gasteiger charge is -2.11. The zero-order valence-electron chi connectivity index (χ0n) is 11.5. The molecule has 0 amide bonds. The highest BCUT2D eigenvalue weighted by Crippen LogP contribution is 2.48. The van der Waals surface area contributed by atoms with Crippen LogP contribution in [0.3, 0.4) is 0 Å². The van der Waals surface area contributed by atoms with E-state index < -0.39 is 11.4 Å². The third-order valence-corrected chi connectivity index (χ3v) is 4.06. The van der Waals surface area contributed by atoms with Crippen LogP contribution in [0, 0.1) is 6.92 Å². The molecule has 0 saturated heterocycles. The third-order valence-electron chi connectivity index (χ3n) is 4.06. The van der Waals surface area contributed by atoms with Gasteiger partial charge < -0.3 is 9.67 Å². The van der Waals surface area contributed by atoms with E-state index in [1.54, 1.807) is 17.8 Å². The number of hydrogen-bond acceptors (Lipinski definition) is 2. The zero-order chi connectivity index (χ0) is 14.5. The largest absolute Gasteiger partial charge is 0.481 e. The van der Waals surface area contributed by atoms with Crippen molar-refractivity contribution in [1.29, 1.82) is 0 Å². The van der Waals surface area contributed by atoms with Crippen LogP contribution in [0.15, 0.2) is 35.3 Å². The summed E-state index contributed by atoms with van der Waals surface area (Å²) in [6, 6.07) is 7.25. The van der Waals surface area contributed by atoms with E-state index in [1.165, 1.54) is 4.57 Å². The standard InChI is InChI=1S/C15H16N2O3/c1-10-9-16(2)14(20)17(10)12-5-3-11(4-6-12)15(7-8-15)13(18)19/h3-6,9H,7-8H2,1-2H3,(H,18,19). The SMILES string of the molecule is Cc1cn(C)c(=O)n1-c1ccc(C2(C(=O)O)CC2)cc1. The maximum Gasteiger partial charge on any atom is 0.332 e. The van der Waals surface area contributed by atoms with Crippen LogP contribution < -0.4 is 5.69 Å². The van der Waals surface area contributed by atoms with Gasteiger partial charge in [-0.15, -0.1) is 0 Å². The predicted molar refractivity (Wildman–Crippen MR) is 74.3 cm³/mol. The first-order valence-corrected chi connectivity index (χ1v) is 6.55. The average Bonchev–Trinajstić information content (AvgIpc) is 3.16. The van der Waals surface area contributed by atoms with Crippen molar-refractivity contribution >= 4 is 5.97 Å². The second-order valence-corrected chi connectivity index (χ2v) is 5.43.